The minimum atomic E-state index is -0.362. The van der Waals surface area contributed by atoms with Gasteiger partial charge in [-0.2, -0.15) is 0 Å². The summed E-state index contributed by atoms with van der Waals surface area (Å²) >= 11 is 6.42. The minimum Gasteiger partial charge on any atom is -0.352 e. The van der Waals surface area contributed by atoms with Crippen LogP contribution in [0.1, 0.15) is 16.8 Å². The zero-order valence-electron chi connectivity index (χ0n) is 7.90. The van der Waals surface area contributed by atoms with E-state index in [-0.39, 0.29) is 11.7 Å². The van der Waals surface area contributed by atoms with Crippen molar-refractivity contribution in [3.63, 3.8) is 0 Å². The fraction of sp³-hybridized carbons (Fsp3) is 0.300. The van der Waals surface area contributed by atoms with Crippen molar-refractivity contribution in [3.05, 3.63) is 34.1 Å². The molecule has 1 N–H and O–H groups in total. The third kappa shape index (κ3) is 3.91. The molecule has 5 heteroatoms. The maximum Gasteiger partial charge on any atom is 0.252 e. The number of nitrogens with one attached hydrogen (secondary N) is 1. The molecule has 0 saturated carbocycles. The van der Waals surface area contributed by atoms with Gasteiger partial charge in [0, 0.05) is 16.3 Å². The molecule has 0 radical (unpaired) electrons. The SMILES string of the molecule is O=C(NCCCBr)c1ccc(F)cc1Br. The Bertz CT molecular complexity index is 357. The van der Waals surface area contributed by atoms with E-state index in [9.17, 15) is 9.18 Å². The van der Waals surface area contributed by atoms with Crippen molar-refractivity contribution in [2.45, 2.75) is 6.42 Å². The van der Waals surface area contributed by atoms with Crippen LogP contribution in [0.2, 0.25) is 0 Å². The maximum atomic E-state index is 12.7. The average molecular weight is 339 g/mol. The van der Waals surface area contributed by atoms with Crippen LogP contribution >= 0.6 is 31.9 Å². The fourth-order valence-electron chi connectivity index (χ4n) is 1.04. The van der Waals surface area contributed by atoms with E-state index in [4.69, 9.17) is 0 Å². The lowest BCUT2D eigenvalue weighted by Crippen LogP contribution is -2.25. The first-order chi connectivity index (χ1) is 7.15. The number of hydrogen-bond acceptors (Lipinski definition) is 1. The highest BCUT2D eigenvalue weighted by atomic mass is 79.9. The second-order valence-corrected chi connectivity index (χ2v) is 4.57. The predicted molar refractivity (Wildman–Crippen MR) is 64.8 cm³/mol. The molecule has 0 spiro atoms. The van der Waals surface area contributed by atoms with Crippen molar-refractivity contribution in [1.29, 1.82) is 0 Å². The number of amides is 1. The summed E-state index contributed by atoms with van der Waals surface area (Å²) in [4.78, 5) is 11.6. The standard InChI is InChI=1S/C10H10Br2FNO/c11-4-1-5-14-10(15)8-3-2-7(13)6-9(8)12/h2-3,6H,1,4-5H2,(H,14,15). The highest BCUT2D eigenvalue weighted by Crippen LogP contribution is 2.17. The monoisotopic (exact) mass is 337 g/mol. The first kappa shape index (κ1) is 12.6. The third-order valence-electron chi connectivity index (χ3n) is 1.77. The normalized spacial score (nSPS) is 10.1. The topological polar surface area (TPSA) is 29.1 Å². The van der Waals surface area contributed by atoms with E-state index in [0.29, 0.717) is 16.6 Å². The van der Waals surface area contributed by atoms with Crippen LogP contribution in [-0.2, 0) is 0 Å². The van der Waals surface area contributed by atoms with Crippen molar-refractivity contribution in [3.8, 4) is 0 Å². The highest BCUT2D eigenvalue weighted by molar-refractivity contribution is 9.10. The molecule has 1 rings (SSSR count). The molecule has 0 atom stereocenters. The molecule has 0 aliphatic carbocycles. The molecular formula is C10H10Br2FNO. The zero-order chi connectivity index (χ0) is 11.3. The van der Waals surface area contributed by atoms with E-state index in [1.807, 2.05) is 0 Å². The van der Waals surface area contributed by atoms with E-state index < -0.39 is 0 Å². The summed E-state index contributed by atoms with van der Waals surface area (Å²) in [5.41, 5.74) is 0.450. The molecule has 1 aromatic rings. The van der Waals surface area contributed by atoms with E-state index in [1.165, 1.54) is 18.2 Å². The van der Waals surface area contributed by atoms with Crippen molar-refractivity contribution in [1.82, 2.24) is 5.32 Å². The Hall–Kier alpha value is -0.420. The molecule has 2 nitrogen and oxygen atoms in total. The second-order valence-electron chi connectivity index (χ2n) is 2.92. The lowest BCUT2D eigenvalue weighted by Gasteiger charge is -2.05. The van der Waals surface area contributed by atoms with Crippen LogP contribution in [0.25, 0.3) is 0 Å². The molecule has 0 heterocycles. The third-order valence-corrected chi connectivity index (χ3v) is 2.99. The van der Waals surface area contributed by atoms with Gasteiger partial charge < -0.3 is 5.32 Å². The van der Waals surface area contributed by atoms with Gasteiger partial charge in [0.05, 0.1) is 5.56 Å². The summed E-state index contributed by atoms with van der Waals surface area (Å²) in [5, 5.41) is 3.58. The van der Waals surface area contributed by atoms with Crippen LogP contribution < -0.4 is 5.32 Å². The molecule has 15 heavy (non-hydrogen) atoms. The Balaban J connectivity index is 2.65. The number of hydrogen-bond donors (Lipinski definition) is 1. The molecule has 0 aliphatic heterocycles. The van der Waals surface area contributed by atoms with Gasteiger partial charge in [-0.25, -0.2) is 4.39 Å². The van der Waals surface area contributed by atoms with Gasteiger partial charge in [-0.3, -0.25) is 4.79 Å². The second kappa shape index (κ2) is 6.23. The summed E-state index contributed by atoms with van der Waals surface area (Å²) in [5.74, 6) is -0.554. The Morgan fingerprint density at radius 3 is 2.80 bits per heavy atom. The van der Waals surface area contributed by atoms with Crippen LogP contribution in [-0.4, -0.2) is 17.8 Å². The molecule has 0 fully saturated rings. The van der Waals surface area contributed by atoms with Gasteiger partial charge in [0.25, 0.3) is 5.91 Å². The van der Waals surface area contributed by atoms with Crippen LogP contribution in [0.4, 0.5) is 4.39 Å². The average Bonchev–Trinajstić information content (AvgIpc) is 2.17. The molecule has 82 valence electrons. The predicted octanol–water partition coefficient (Wildman–Crippen LogP) is 3.10. The van der Waals surface area contributed by atoms with Gasteiger partial charge >= 0.3 is 0 Å². The summed E-state index contributed by atoms with van der Waals surface area (Å²) in [6.07, 6.45) is 0.866. The van der Waals surface area contributed by atoms with Gasteiger partial charge in [0.1, 0.15) is 5.82 Å². The summed E-state index contributed by atoms with van der Waals surface area (Å²) in [6.45, 7) is 0.605. The largest absolute Gasteiger partial charge is 0.352 e. The summed E-state index contributed by atoms with van der Waals surface area (Å²) in [7, 11) is 0. The quantitative estimate of drug-likeness (QED) is 0.663. The van der Waals surface area contributed by atoms with E-state index in [2.05, 4.69) is 37.2 Å². The molecule has 0 unspecified atom stereocenters. The number of carbonyl (C=O) groups excluding carboxylic acids is 1. The molecule has 0 aliphatic rings. The first-order valence-corrected chi connectivity index (χ1v) is 6.36. The number of rotatable bonds is 4. The van der Waals surface area contributed by atoms with Crippen LogP contribution in [0, 0.1) is 5.82 Å². The van der Waals surface area contributed by atoms with Crippen molar-refractivity contribution in [2.24, 2.45) is 0 Å². The van der Waals surface area contributed by atoms with Gasteiger partial charge in [-0.05, 0) is 40.5 Å². The minimum absolute atomic E-state index is 0.192. The Labute approximate surface area is 105 Å². The van der Waals surface area contributed by atoms with Gasteiger partial charge in [0.15, 0.2) is 0 Å². The lowest BCUT2D eigenvalue weighted by atomic mass is 10.2. The van der Waals surface area contributed by atoms with Crippen molar-refractivity contribution >= 4 is 37.8 Å². The number of alkyl halides is 1. The van der Waals surface area contributed by atoms with Crippen LogP contribution in [0.5, 0.6) is 0 Å². The first-order valence-electron chi connectivity index (χ1n) is 4.44. The Morgan fingerprint density at radius 1 is 1.47 bits per heavy atom. The molecule has 1 aromatic carbocycles. The van der Waals surface area contributed by atoms with E-state index >= 15 is 0 Å². The van der Waals surface area contributed by atoms with Crippen molar-refractivity contribution in [2.75, 3.05) is 11.9 Å². The smallest absolute Gasteiger partial charge is 0.252 e. The van der Waals surface area contributed by atoms with E-state index in [0.717, 1.165) is 11.8 Å². The van der Waals surface area contributed by atoms with E-state index in [1.54, 1.807) is 0 Å². The summed E-state index contributed by atoms with van der Waals surface area (Å²) < 4.78 is 13.2. The van der Waals surface area contributed by atoms with Crippen LogP contribution in [0.3, 0.4) is 0 Å². The van der Waals surface area contributed by atoms with Crippen molar-refractivity contribution < 1.29 is 9.18 Å². The molecular weight excluding hydrogens is 329 g/mol. The highest BCUT2D eigenvalue weighted by Gasteiger charge is 2.09. The molecule has 0 bridgehead atoms. The number of carbonyl (C=O) groups is 1. The number of halogens is 3. The Kier molecular flexibility index (Phi) is 5.25. The molecule has 1 amide bonds. The maximum absolute atomic E-state index is 12.7. The lowest BCUT2D eigenvalue weighted by molar-refractivity contribution is 0.0953. The zero-order valence-corrected chi connectivity index (χ0v) is 11.1. The molecule has 0 saturated heterocycles. The molecule has 0 aromatic heterocycles. The Morgan fingerprint density at radius 2 is 2.20 bits per heavy atom. The van der Waals surface area contributed by atoms with Gasteiger partial charge in [0.2, 0.25) is 0 Å². The van der Waals surface area contributed by atoms with Gasteiger partial charge in [-0.15, -0.1) is 0 Å². The van der Waals surface area contributed by atoms with Crippen LogP contribution in [0.15, 0.2) is 22.7 Å². The summed E-state index contributed by atoms with van der Waals surface area (Å²) in [6, 6.07) is 4.01. The fourth-order valence-corrected chi connectivity index (χ4v) is 1.85. The number of benzene rings is 1. The van der Waals surface area contributed by atoms with Gasteiger partial charge in [-0.1, -0.05) is 15.9 Å².